The van der Waals surface area contributed by atoms with E-state index in [0.717, 1.165) is 6.42 Å². The molecule has 1 nitrogen and oxygen atoms in total. The van der Waals surface area contributed by atoms with E-state index in [1.807, 2.05) is 0 Å². The first-order valence-electron chi connectivity index (χ1n) is 8.78. The fraction of sp³-hybridized carbons (Fsp3) is 0.130. The van der Waals surface area contributed by atoms with Gasteiger partial charge in [0.15, 0.2) is 0 Å². The zero-order valence-electron chi connectivity index (χ0n) is 15.1. The topological polar surface area (TPSA) is 4.93 Å². The van der Waals surface area contributed by atoms with Gasteiger partial charge in [-0.25, -0.2) is 0 Å². The van der Waals surface area contributed by atoms with Gasteiger partial charge in [0.1, 0.15) is 0 Å². The second-order valence-corrected chi connectivity index (χ2v) is 10.8. The van der Waals surface area contributed by atoms with Crippen LogP contribution in [-0.2, 0) is 26.5 Å². The molecular weight excluding hydrogens is 452 g/mol. The van der Waals surface area contributed by atoms with E-state index in [-0.39, 0.29) is 28.1 Å². The van der Waals surface area contributed by atoms with Gasteiger partial charge in [-0.15, -0.1) is 24.8 Å². The molecule has 0 fully saturated rings. The second kappa shape index (κ2) is 7.96. The molecule has 0 bridgehead atoms. The van der Waals surface area contributed by atoms with Crippen LogP contribution in [0.25, 0.3) is 17.0 Å². The standard InChI is InChI=1S/C17H12N.C6H7.2ClH.Zr/c1-3-7-15-13(5-1)9-10-17(15)18-12-11-14-6-2-4-8-16(14)18;1-6-4-2-3-5-6;;;/h1-12H;2,4H,3H2,1H3;2*1H;. The Hall–Kier alpha value is -1.34. The summed E-state index contributed by atoms with van der Waals surface area (Å²) in [5.74, 6) is 0. The summed E-state index contributed by atoms with van der Waals surface area (Å²) in [6, 6.07) is 20.0. The fourth-order valence-electron chi connectivity index (χ4n) is 4.05. The van der Waals surface area contributed by atoms with E-state index in [1.54, 1.807) is 3.28 Å². The Morgan fingerprint density at radius 1 is 0.926 bits per heavy atom. The zero-order valence-corrected chi connectivity index (χ0v) is 19.1. The SMILES string of the molecule is CC1=[C]([Zr][C]2(n3ccc4ccccc43)C=Cc3ccccc32)CC=C1.Cl.Cl. The number of halogens is 2. The number of benzene rings is 2. The average molecular weight is 474 g/mol. The minimum Gasteiger partial charge on any atom is -0.147 e. The van der Waals surface area contributed by atoms with Crippen LogP contribution in [0.4, 0.5) is 0 Å². The summed E-state index contributed by atoms with van der Waals surface area (Å²) in [5.41, 5.74) is 5.70. The monoisotopic (exact) mass is 471 g/mol. The van der Waals surface area contributed by atoms with E-state index in [1.165, 1.54) is 27.6 Å². The Morgan fingerprint density at radius 2 is 1.70 bits per heavy atom. The maximum atomic E-state index is 2.55. The zero-order chi connectivity index (χ0) is 16.9. The fourth-order valence-corrected chi connectivity index (χ4v) is 8.49. The van der Waals surface area contributed by atoms with Crippen LogP contribution in [0.3, 0.4) is 0 Å². The average Bonchev–Trinajstić information content (AvgIpc) is 3.34. The minimum atomic E-state index is -0.919. The summed E-state index contributed by atoms with van der Waals surface area (Å²) >= 11 is -0.919. The maximum absolute atomic E-state index is 2.55. The number of hydrogen-bond donors (Lipinski definition) is 0. The van der Waals surface area contributed by atoms with Gasteiger partial charge in [0, 0.05) is 0 Å². The Labute approximate surface area is 184 Å². The van der Waals surface area contributed by atoms with Crippen molar-refractivity contribution in [3.63, 3.8) is 0 Å². The molecule has 0 spiro atoms. The predicted molar refractivity (Wildman–Crippen MR) is 115 cm³/mol. The van der Waals surface area contributed by atoms with Gasteiger partial charge in [0.2, 0.25) is 0 Å². The van der Waals surface area contributed by atoms with Gasteiger partial charge in [-0.05, 0) is 0 Å². The molecule has 1 aromatic heterocycles. The number of rotatable bonds is 3. The predicted octanol–water partition coefficient (Wildman–Crippen LogP) is 6.53. The molecule has 0 aliphatic heterocycles. The van der Waals surface area contributed by atoms with E-state index in [0.29, 0.717) is 0 Å². The van der Waals surface area contributed by atoms with Gasteiger partial charge in [-0.3, -0.25) is 0 Å². The number of hydrogen-bond acceptors (Lipinski definition) is 0. The largest absolute Gasteiger partial charge is 0.147 e. The van der Waals surface area contributed by atoms with Crippen molar-refractivity contribution < 1.29 is 23.2 Å². The third-order valence-corrected chi connectivity index (χ3v) is 10.2. The van der Waals surface area contributed by atoms with Crippen LogP contribution in [0.1, 0.15) is 24.5 Å². The van der Waals surface area contributed by atoms with E-state index in [2.05, 4.69) is 96.6 Å². The molecular formula is C23H21Cl2NZr. The smallest absolute Gasteiger partial charge is 0.147 e. The van der Waals surface area contributed by atoms with Crippen molar-refractivity contribution >= 4 is 41.8 Å². The molecule has 1 atom stereocenters. The molecule has 136 valence electrons. The van der Waals surface area contributed by atoms with Gasteiger partial charge in [0.05, 0.1) is 0 Å². The first kappa shape index (κ1) is 20.4. The molecule has 4 heteroatoms. The van der Waals surface area contributed by atoms with Gasteiger partial charge < -0.3 is 0 Å². The molecule has 0 amide bonds. The number of fused-ring (bicyclic) bond motifs is 2. The summed E-state index contributed by atoms with van der Waals surface area (Å²) < 4.78 is 4.30. The molecule has 3 aromatic rings. The summed E-state index contributed by atoms with van der Waals surface area (Å²) in [4.78, 5) is 0. The Bertz CT molecular complexity index is 1080. The molecule has 0 N–H and O–H groups in total. The molecule has 0 saturated carbocycles. The van der Waals surface area contributed by atoms with Gasteiger partial charge in [-0.1, -0.05) is 0 Å². The van der Waals surface area contributed by atoms with Crippen molar-refractivity contribution in [1.29, 1.82) is 0 Å². The molecule has 2 aromatic carbocycles. The van der Waals surface area contributed by atoms with E-state index >= 15 is 0 Å². The van der Waals surface area contributed by atoms with Crippen LogP contribution in [0, 0.1) is 0 Å². The van der Waals surface area contributed by atoms with E-state index in [9.17, 15) is 0 Å². The van der Waals surface area contributed by atoms with Crippen LogP contribution in [0.5, 0.6) is 0 Å². The van der Waals surface area contributed by atoms with Crippen molar-refractivity contribution in [2.45, 2.75) is 16.6 Å². The quantitative estimate of drug-likeness (QED) is 0.408. The van der Waals surface area contributed by atoms with Crippen LogP contribution in [0.2, 0.25) is 0 Å². The van der Waals surface area contributed by atoms with Crippen molar-refractivity contribution in [1.82, 2.24) is 4.57 Å². The Kier molecular flexibility index (Phi) is 6.01. The van der Waals surface area contributed by atoms with E-state index in [4.69, 9.17) is 0 Å². The van der Waals surface area contributed by atoms with Gasteiger partial charge in [-0.2, -0.15) is 0 Å². The molecule has 27 heavy (non-hydrogen) atoms. The molecule has 0 saturated heterocycles. The summed E-state index contributed by atoms with van der Waals surface area (Å²) in [6.45, 7) is 2.28. The summed E-state index contributed by atoms with van der Waals surface area (Å²) in [6.07, 6.45) is 12.9. The molecule has 1 heterocycles. The van der Waals surface area contributed by atoms with Crippen molar-refractivity contribution in [2.75, 3.05) is 0 Å². The van der Waals surface area contributed by atoms with Crippen LogP contribution >= 0.6 is 24.8 Å². The van der Waals surface area contributed by atoms with Crippen molar-refractivity contribution in [3.05, 3.63) is 99.0 Å². The second-order valence-electron chi connectivity index (χ2n) is 6.82. The number of para-hydroxylation sites is 1. The number of nitrogens with zero attached hydrogens (tertiary/aromatic N) is 1. The maximum Gasteiger partial charge on any atom is -0.147 e. The molecule has 2 aliphatic rings. The Morgan fingerprint density at radius 3 is 2.52 bits per heavy atom. The molecule has 5 rings (SSSR count). The normalized spacial score (nSPS) is 19.7. The molecule has 2 aliphatic carbocycles. The van der Waals surface area contributed by atoms with E-state index < -0.39 is 23.2 Å². The summed E-state index contributed by atoms with van der Waals surface area (Å²) in [5, 5.41) is 1.33. The van der Waals surface area contributed by atoms with Gasteiger partial charge >= 0.3 is 160 Å². The first-order chi connectivity index (χ1) is 12.3. The first-order valence-corrected chi connectivity index (χ1v) is 11.2. The van der Waals surface area contributed by atoms with Gasteiger partial charge in [0.25, 0.3) is 0 Å². The minimum absolute atomic E-state index is 0. The Balaban J connectivity index is 0.00000105. The van der Waals surface area contributed by atoms with Crippen LogP contribution in [0.15, 0.2) is 87.9 Å². The third-order valence-electron chi connectivity index (χ3n) is 5.36. The van der Waals surface area contributed by atoms with Crippen LogP contribution < -0.4 is 0 Å². The van der Waals surface area contributed by atoms with Crippen molar-refractivity contribution in [3.8, 4) is 0 Å². The summed E-state index contributed by atoms with van der Waals surface area (Å²) in [7, 11) is 0. The number of aromatic nitrogens is 1. The van der Waals surface area contributed by atoms with Crippen LogP contribution in [-0.4, -0.2) is 4.57 Å². The molecule has 0 radical (unpaired) electrons. The van der Waals surface area contributed by atoms with Crippen molar-refractivity contribution in [2.24, 2.45) is 0 Å². The third kappa shape index (κ3) is 3.23. The number of allylic oxidation sites excluding steroid dienone is 5. The molecule has 1 unspecified atom stereocenters.